The van der Waals surface area contributed by atoms with Crippen molar-refractivity contribution in [3.05, 3.63) is 0 Å². The second-order valence-electron chi connectivity index (χ2n) is 5.56. The molecule has 1 saturated heterocycles. The summed E-state index contributed by atoms with van der Waals surface area (Å²) in [5.74, 6) is 7.13. The minimum absolute atomic E-state index is 0.405. The number of nitrogen functional groups attached to an aromatic ring is 1. The van der Waals surface area contributed by atoms with Crippen LogP contribution in [0.3, 0.4) is 0 Å². The molecule has 2 heterocycles. The zero-order valence-corrected chi connectivity index (χ0v) is 13.0. The molecule has 8 nitrogen and oxygen atoms in total. The van der Waals surface area contributed by atoms with E-state index in [-0.39, 0.29) is 0 Å². The minimum atomic E-state index is 0.405. The second-order valence-corrected chi connectivity index (χ2v) is 5.56. The lowest BCUT2D eigenvalue weighted by Crippen LogP contribution is -2.23. The molecule has 21 heavy (non-hydrogen) atoms. The maximum absolute atomic E-state index is 5.44. The molecule has 0 atom stereocenters. The van der Waals surface area contributed by atoms with Crippen LogP contribution in [0.4, 0.5) is 17.8 Å². The fraction of sp³-hybridized carbons (Fsp3) is 0.769. The lowest BCUT2D eigenvalue weighted by atomic mass is 10.3. The van der Waals surface area contributed by atoms with Gasteiger partial charge in [0.05, 0.1) is 0 Å². The molecule has 8 heteroatoms. The highest BCUT2D eigenvalue weighted by molar-refractivity contribution is 5.43. The topological polar surface area (TPSA) is 95.2 Å². The van der Waals surface area contributed by atoms with Crippen LogP contribution in [0.15, 0.2) is 0 Å². The van der Waals surface area contributed by atoms with E-state index in [0.29, 0.717) is 17.8 Å². The summed E-state index contributed by atoms with van der Waals surface area (Å²) < 4.78 is 0. The first-order valence-electron chi connectivity index (χ1n) is 7.55. The predicted octanol–water partition coefficient (Wildman–Crippen LogP) is 0.511. The van der Waals surface area contributed by atoms with Gasteiger partial charge in [-0.15, -0.1) is 0 Å². The Morgan fingerprint density at radius 3 is 2.48 bits per heavy atom. The van der Waals surface area contributed by atoms with Crippen LogP contribution in [0.1, 0.15) is 25.7 Å². The molecule has 4 N–H and O–H groups in total. The van der Waals surface area contributed by atoms with Gasteiger partial charge in [-0.2, -0.15) is 15.0 Å². The van der Waals surface area contributed by atoms with Gasteiger partial charge in [0.15, 0.2) is 0 Å². The number of nitrogens with one attached hydrogen (secondary N) is 2. The molecule has 0 bridgehead atoms. The van der Waals surface area contributed by atoms with Gasteiger partial charge < -0.3 is 15.1 Å². The molecule has 118 valence electrons. The zero-order valence-electron chi connectivity index (χ0n) is 13.0. The Morgan fingerprint density at radius 1 is 1.10 bits per heavy atom. The summed E-state index contributed by atoms with van der Waals surface area (Å²) in [6.07, 6.45) is 4.59. The maximum atomic E-state index is 5.44. The van der Waals surface area contributed by atoms with Gasteiger partial charge in [-0.1, -0.05) is 0 Å². The highest BCUT2D eigenvalue weighted by Gasteiger charge is 2.17. The largest absolute Gasteiger partial charge is 0.354 e. The van der Waals surface area contributed by atoms with Gasteiger partial charge >= 0.3 is 0 Å². The molecule has 0 spiro atoms. The Balaban J connectivity index is 1.90. The minimum Gasteiger partial charge on any atom is -0.354 e. The van der Waals surface area contributed by atoms with Crippen molar-refractivity contribution in [3.63, 3.8) is 0 Å². The summed E-state index contributed by atoms with van der Waals surface area (Å²) in [4.78, 5) is 17.4. The van der Waals surface area contributed by atoms with Crippen LogP contribution in [0.25, 0.3) is 0 Å². The maximum Gasteiger partial charge on any atom is 0.243 e. The number of hydrogen-bond donors (Lipinski definition) is 3. The zero-order chi connectivity index (χ0) is 15.1. The van der Waals surface area contributed by atoms with Crippen LogP contribution in [0.2, 0.25) is 0 Å². The number of hydrazine groups is 1. The highest BCUT2D eigenvalue weighted by Crippen LogP contribution is 2.18. The summed E-state index contributed by atoms with van der Waals surface area (Å²) >= 11 is 0. The van der Waals surface area contributed by atoms with Crippen molar-refractivity contribution in [3.8, 4) is 0 Å². The quantitative estimate of drug-likeness (QED) is 0.363. The first-order chi connectivity index (χ1) is 10.2. The molecular formula is C13H26N8. The van der Waals surface area contributed by atoms with Gasteiger partial charge in [-0.05, 0) is 46.3 Å². The Labute approximate surface area is 126 Å². The summed E-state index contributed by atoms with van der Waals surface area (Å²) in [6.45, 7) is 3.93. The van der Waals surface area contributed by atoms with Gasteiger partial charge in [0, 0.05) is 19.6 Å². The van der Waals surface area contributed by atoms with Crippen molar-refractivity contribution in [1.29, 1.82) is 0 Å². The lowest BCUT2D eigenvalue weighted by molar-refractivity contribution is 0.396. The summed E-state index contributed by atoms with van der Waals surface area (Å²) in [5, 5.41) is 3.25. The van der Waals surface area contributed by atoms with Gasteiger partial charge in [0.2, 0.25) is 17.8 Å². The molecule has 0 amide bonds. The number of hydrogen-bond acceptors (Lipinski definition) is 8. The number of nitrogens with two attached hydrogens (primary N) is 1. The Kier molecular flexibility index (Phi) is 5.94. The molecule has 1 aliphatic rings. The fourth-order valence-electron chi connectivity index (χ4n) is 2.32. The summed E-state index contributed by atoms with van der Waals surface area (Å²) in [7, 11) is 4.17. The summed E-state index contributed by atoms with van der Waals surface area (Å²) in [6, 6.07) is 0. The van der Waals surface area contributed by atoms with E-state index in [4.69, 9.17) is 5.84 Å². The van der Waals surface area contributed by atoms with Crippen molar-refractivity contribution in [2.24, 2.45) is 5.84 Å². The summed E-state index contributed by atoms with van der Waals surface area (Å²) in [5.41, 5.74) is 2.51. The number of rotatable bonds is 8. The van der Waals surface area contributed by atoms with Crippen LogP contribution >= 0.6 is 0 Å². The monoisotopic (exact) mass is 294 g/mol. The third-order valence-electron chi connectivity index (χ3n) is 3.46. The Bertz CT molecular complexity index is 430. The van der Waals surface area contributed by atoms with Crippen LogP contribution in [0, 0.1) is 0 Å². The third-order valence-corrected chi connectivity index (χ3v) is 3.46. The average Bonchev–Trinajstić information content (AvgIpc) is 3.00. The van der Waals surface area contributed by atoms with Gasteiger partial charge in [0.1, 0.15) is 0 Å². The number of anilines is 3. The molecular weight excluding hydrogens is 268 g/mol. The predicted molar refractivity (Wildman–Crippen MR) is 85.4 cm³/mol. The molecule has 0 aromatic carbocycles. The van der Waals surface area contributed by atoms with Crippen molar-refractivity contribution in [2.45, 2.75) is 25.7 Å². The Morgan fingerprint density at radius 2 is 1.81 bits per heavy atom. The van der Waals surface area contributed by atoms with Crippen LogP contribution in [-0.4, -0.2) is 60.1 Å². The highest BCUT2D eigenvalue weighted by atomic mass is 15.4. The van der Waals surface area contributed by atoms with Gasteiger partial charge in [-0.25, -0.2) is 5.84 Å². The van der Waals surface area contributed by atoms with E-state index in [1.54, 1.807) is 0 Å². The van der Waals surface area contributed by atoms with Crippen molar-refractivity contribution < 1.29 is 0 Å². The molecule has 0 aliphatic carbocycles. The molecule has 1 aromatic heterocycles. The van der Waals surface area contributed by atoms with E-state index in [1.807, 2.05) is 0 Å². The molecule has 0 unspecified atom stereocenters. The second kappa shape index (κ2) is 7.94. The molecule has 0 saturated carbocycles. The first-order valence-corrected chi connectivity index (χ1v) is 7.55. The van der Waals surface area contributed by atoms with E-state index in [1.165, 1.54) is 12.8 Å². The average molecular weight is 294 g/mol. The normalized spacial score (nSPS) is 14.8. The molecule has 1 fully saturated rings. The third kappa shape index (κ3) is 4.98. The number of unbranched alkanes of at least 4 members (excludes halogenated alkanes) is 1. The molecule has 2 rings (SSSR count). The van der Waals surface area contributed by atoms with Crippen LogP contribution in [-0.2, 0) is 0 Å². The lowest BCUT2D eigenvalue weighted by Gasteiger charge is -2.16. The molecule has 1 aliphatic heterocycles. The smallest absolute Gasteiger partial charge is 0.243 e. The van der Waals surface area contributed by atoms with E-state index in [2.05, 4.69) is 49.6 Å². The van der Waals surface area contributed by atoms with Crippen molar-refractivity contribution in [2.75, 3.05) is 55.9 Å². The molecule has 0 radical (unpaired) electrons. The SMILES string of the molecule is CN(C)CCCCNc1nc(NN)nc(N2CCCC2)n1. The number of nitrogens with zero attached hydrogens (tertiary/aromatic N) is 5. The van der Waals surface area contributed by atoms with E-state index < -0.39 is 0 Å². The van der Waals surface area contributed by atoms with E-state index >= 15 is 0 Å². The molecule has 1 aromatic rings. The van der Waals surface area contributed by atoms with Gasteiger partial charge in [0.25, 0.3) is 0 Å². The van der Waals surface area contributed by atoms with Gasteiger partial charge in [-0.3, -0.25) is 5.43 Å². The van der Waals surface area contributed by atoms with Crippen LogP contribution < -0.4 is 21.5 Å². The standard InChI is InChI=1S/C13H26N8/c1-20(2)8-4-3-7-15-11-16-12(19-14)18-13(17-11)21-9-5-6-10-21/h3-10,14H2,1-2H3,(H2,15,16,17,18,19). The van der Waals surface area contributed by atoms with E-state index in [9.17, 15) is 0 Å². The van der Waals surface area contributed by atoms with Crippen LogP contribution in [0.5, 0.6) is 0 Å². The van der Waals surface area contributed by atoms with Crippen molar-refractivity contribution in [1.82, 2.24) is 19.9 Å². The Hall–Kier alpha value is -1.67. The van der Waals surface area contributed by atoms with Crippen molar-refractivity contribution >= 4 is 17.8 Å². The fourth-order valence-corrected chi connectivity index (χ4v) is 2.32. The number of aromatic nitrogens is 3. The van der Waals surface area contributed by atoms with E-state index in [0.717, 1.165) is 39.0 Å². The first kappa shape index (κ1) is 15.7.